The minimum Gasteiger partial charge on any atom is -0.350 e. The summed E-state index contributed by atoms with van der Waals surface area (Å²) >= 11 is 0. The molecule has 6 heteroatoms. The van der Waals surface area contributed by atoms with E-state index in [1.807, 2.05) is 51.1 Å². The van der Waals surface area contributed by atoms with E-state index in [1.165, 1.54) is 6.92 Å². The fraction of sp³-hybridized carbons (Fsp3) is 0.471. The summed E-state index contributed by atoms with van der Waals surface area (Å²) in [4.78, 5) is 35.1. The second-order valence-electron chi connectivity index (χ2n) is 6.50. The van der Waals surface area contributed by atoms with Gasteiger partial charge in [0, 0.05) is 6.54 Å². The zero-order chi connectivity index (χ0) is 17.5. The Balaban J connectivity index is 2.37. The zero-order valence-electron chi connectivity index (χ0n) is 14.1. The minimum absolute atomic E-state index is 0.124. The van der Waals surface area contributed by atoms with Crippen LogP contribution in [0.1, 0.15) is 33.3 Å². The summed E-state index contributed by atoms with van der Waals surface area (Å²) in [5.41, 5.74) is 0.591. The van der Waals surface area contributed by atoms with Crippen molar-refractivity contribution in [1.29, 1.82) is 0 Å². The van der Waals surface area contributed by atoms with Crippen LogP contribution in [0.3, 0.4) is 0 Å². The highest BCUT2D eigenvalue weighted by molar-refractivity contribution is 5.89. The highest BCUT2D eigenvalue weighted by atomic mass is 16.2. The SMILES string of the molecule is CC(=O)C(NC(=O)NCC(=O)NCc1ccccc1)C(C)(C)C. The van der Waals surface area contributed by atoms with E-state index in [1.54, 1.807) is 0 Å². The highest BCUT2D eigenvalue weighted by Gasteiger charge is 2.30. The second kappa shape index (κ2) is 8.31. The molecule has 0 aliphatic carbocycles. The first-order valence-electron chi connectivity index (χ1n) is 7.55. The van der Waals surface area contributed by atoms with E-state index in [0.29, 0.717) is 6.54 Å². The maximum absolute atomic E-state index is 11.8. The van der Waals surface area contributed by atoms with Gasteiger partial charge < -0.3 is 16.0 Å². The largest absolute Gasteiger partial charge is 0.350 e. The molecule has 0 radical (unpaired) electrons. The van der Waals surface area contributed by atoms with E-state index >= 15 is 0 Å². The van der Waals surface area contributed by atoms with Gasteiger partial charge in [0.25, 0.3) is 0 Å². The lowest BCUT2D eigenvalue weighted by Gasteiger charge is -2.29. The maximum Gasteiger partial charge on any atom is 0.315 e. The van der Waals surface area contributed by atoms with E-state index in [4.69, 9.17) is 0 Å². The van der Waals surface area contributed by atoms with Crippen LogP contribution in [-0.2, 0) is 16.1 Å². The Bertz CT molecular complexity index is 550. The van der Waals surface area contributed by atoms with Gasteiger partial charge in [-0.05, 0) is 17.9 Å². The van der Waals surface area contributed by atoms with E-state index in [0.717, 1.165) is 5.56 Å². The van der Waals surface area contributed by atoms with E-state index in [2.05, 4.69) is 16.0 Å². The van der Waals surface area contributed by atoms with Crippen LogP contribution >= 0.6 is 0 Å². The Morgan fingerprint density at radius 1 is 1.04 bits per heavy atom. The summed E-state index contributed by atoms with van der Waals surface area (Å²) in [6.07, 6.45) is 0. The lowest BCUT2D eigenvalue weighted by atomic mass is 9.84. The molecule has 0 aromatic heterocycles. The first-order chi connectivity index (χ1) is 10.7. The number of hydrogen-bond acceptors (Lipinski definition) is 3. The number of ketones is 1. The number of hydrogen-bond donors (Lipinski definition) is 3. The number of carbonyl (C=O) groups excluding carboxylic acids is 3. The Labute approximate surface area is 137 Å². The third-order valence-electron chi connectivity index (χ3n) is 3.29. The molecular formula is C17H25N3O3. The van der Waals surface area contributed by atoms with Crippen molar-refractivity contribution >= 4 is 17.7 Å². The zero-order valence-corrected chi connectivity index (χ0v) is 14.1. The van der Waals surface area contributed by atoms with Crippen LogP contribution in [0.4, 0.5) is 4.79 Å². The highest BCUT2D eigenvalue weighted by Crippen LogP contribution is 2.19. The van der Waals surface area contributed by atoms with Crippen molar-refractivity contribution in [2.45, 2.75) is 40.3 Å². The van der Waals surface area contributed by atoms with Gasteiger partial charge >= 0.3 is 6.03 Å². The maximum atomic E-state index is 11.8. The number of carbonyl (C=O) groups is 3. The molecule has 1 unspecified atom stereocenters. The molecule has 1 rings (SSSR count). The van der Waals surface area contributed by atoms with Crippen LogP contribution in [0.25, 0.3) is 0 Å². The lowest BCUT2D eigenvalue weighted by Crippen LogP contribution is -2.52. The molecule has 3 amide bonds. The van der Waals surface area contributed by atoms with Crippen molar-refractivity contribution in [3.8, 4) is 0 Å². The third kappa shape index (κ3) is 6.95. The Morgan fingerprint density at radius 3 is 2.17 bits per heavy atom. The number of amides is 3. The van der Waals surface area contributed by atoms with Gasteiger partial charge in [-0.25, -0.2) is 4.79 Å². The Hall–Kier alpha value is -2.37. The molecule has 0 heterocycles. The summed E-state index contributed by atoms with van der Waals surface area (Å²) in [6, 6.07) is 8.36. The number of nitrogens with one attached hydrogen (secondary N) is 3. The monoisotopic (exact) mass is 319 g/mol. The molecule has 0 aliphatic heterocycles. The van der Waals surface area contributed by atoms with Gasteiger partial charge in [-0.2, -0.15) is 0 Å². The third-order valence-corrected chi connectivity index (χ3v) is 3.29. The molecule has 1 aromatic carbocycles. The van der Waals surface area contributed by atoms with Crippen molar-refractivity contribution in [2.24, 2.45) is 5.41 Å². The molecule has 1 aromatic rings. The molecule has 6 nitrogen and oxygen atoms in total. The normalized spacial score (nSPS) is 12.2. The van der Waals surface area contributed by atoms with Gasteiger partial charge in [0.15, 0.2) is 5.78 Å². The van der Waals surface area contributed by atoms with Crippen LogP contribution in [-0.4, -0.2) is 30.3 Å². The molecule has 1 atom stereocenters. The number of urea groups is 1. The summed E-state index contributed by atoms with van der Waals surface area (Å²) in [6.45, 7) is 7.29. The van der Waals surface area contributed by atoms with Crippen molar-refractivity contribution in [2.75, 3.05) is 6.54 Å². The Morgan fingerprint density at radius 2 is 1.65 bits per heavy atom. The topological polar surface area (TPSA) is 87.3 Å². The van der Waals surface area contributed by atoms with Crippen LogP contribution in [0.2, 0.25) is 0 Å². The molecule has 0 fully saturated rings. The summed E-state index contributed by atoms with van der Waals surface area (Å²) in [7, 11) is 0. The van der Waals surface area contributed by atoms with Crippen molar-refractivity contribution in [3.05, 3.63) is 35.9 Å². The van der Waals surface area contributed by atoms with Gasteiger partial charge in [-0.15, -0.1) is 0 Å². The number of benzene rings is 1. The molecular weight excluding hydrogens is 294 g/mol. The van der Waals surface area contributed by atoms with Gasteiger partial charge in [0.2, 0.25) is 5.91 Å². The molecule has 126 valence electrons. The van der Waals surface area contributed by atoms with Crippen molar-refractivity contribution in [1.82, 2.24) is 16.0 Å². The quantitative estimate of drug-likeness (QED) is 0.744. The first-order valence-corrected chi connectivity index (χ1v) is 7.55. The van der Waals surface area contributed by atoms with Crippen LogP contribution < -0.4 is 16.0 Å². The number of rotatable bonds is 6. The average molecular weight is 319 g/mol. The van der Waals surface area contributed by atoms with Crippen LogP contribution in [0, 0.1) is 5.41 Å². The van der Waals surface area contributed by atoms with E-state index in [9.17, 15) is 14.4 Å². The van der Waals surface area contributed by atoms with Gasteiger partial charge in [0.1, 0.15) is 0 Å². The average Bonchev–Trinajstić information content (AvgIpc) is 2.48. The van der Waals surface area contributed by atoms with Gasteiger partial charge in [0.05, 0.1) is 12.6 Å². The van der Waals surface area contributed by atoms with E-state index in [-0.39, 0.29) is 18.2 Å². The smallest absolute Gasteiger partial charge is 0.315 e. The fourth-order valence-corrected chi connectivity index (χ4v) is 2.13. The minimum atomic E-state index is -0.602. The predicted molar refractivity (Wildman–Crippen MR) is 88.7 cm³/mol. The lowest BCUT2D eigenvalue weighted by molar-refractivity contribution is -0.121. The molecule has 3 N–H and O–H groups in total. The van der Waals surface area contributed by atoms with Gasteiger partial charge in [-0.3, -0.25) is 9.59 Å². The van der Waals surface area contributed by atoms with E-state index < -0.39 is 17.5 Å². The summed E-state index contributed by atoms with van der Waals surface area (Å²) in [5.74, 6) is -0.416. The summed E-state index contributed by atoms with van der Waals surface area (Å²) < 4.78 is 0. The summed E-state index contributed by atoms with van der Waals surface area (Å²) in [5, 5.41) is 7.78. The van der Waals surface area contributed by atoms with Crippen molar-refractivity contribution < 1.29 is 14.4 Å². The van der Waals surface area contributed by atoms with Crippen LogP contribution in [0.15, 0.2) is 30.3 Å². The molecule has 0 saturated heterocycles. The van der Waals surface area contributed by atoms with Crippen LogP contribution in [0.5, 0.6) is 0 Å². The molecule has 0 spiro atoms. The molecule has 0 aliphatic rings. The fourth-order valence-electron chi connectivity index (χ4n) is 2.13. The number of Topliss-reactive ketones (excluding diaryl/α,β-unsaturated/α-hetero) is 1. The molecule has 23 heavy (non-hydrogen) atoms. The standard InChI is InChI=1S/C17H25N3O3/c1-12(21)15(17(2,3)4)20-16(23)19-11-14(22)18-10-13-8-6-5-7-9-13/h5-9,15H,10-11H2,1-4H3,(H,18,22)(H2,19,20,23). The Kier molecular flexibility index (Phi) is 6.75. The first kappa shape index (κ1) is 18.7. The van der Waals surface area contributed by atoms with Crippen molar-refractivity contribution in [3.63, 3.8) is 0 Å². The second-order valence-corrected chi connectivity index (χ2v) is 6.50. The van der Waals surface area contributed by atoms with Gasteiger partial charge in [-0.1, -0.05) is 51.1 Å². The molecule has 0 bridgehead atoms. The predicted octanol–water partition coefficient (Wildman–Crippen LogP) is 1.61. The molecule has 0 saturated carbocycles.